The number of anilines is 1. The van der Waals surface area contributed by atoms with Crippen molar-refractivity contribution in [1.82, 2.24) is 10.2 Å². The van der Waals surface area contributed by atoms with Gasteiger partial charge >= 0.3 is 0 Å². The van der Waals surface area contributed by atoms with Crippen LogP contribution in [0.25, 0.3) is 0 Å². The zero-order valence-electron chi connectivity index (χ0n) is 25.8. The van der Waals surface area contributed by atoms with Crippen LogP contribution in [0, 0.1) is 0 Å². The molecule has 3 aromatic carbocycles. The summed E-state index contributed by atoms with van der Waals surface area (Å²) in [5, 5.41) is 3.77. The van der Waals surface area contributed by atoms with Crippen LogP contribution in [0.5, 0.6) is 0 Å². The fourth-order valence-corrected chi connectivity index (χ4v) is 6.97. The summed E-state index contributed by atoms with van der Waals surface area (Å²) in [6, 6.07) is 23.8. The number of carbonyl (C=O) groups excluding carboxylic acids is 2. The molecule has 0 spiro atoms. The highest BCUT2D eigenvalue weighted by atomic mass is 35.5. The first-order valence-corrected chi connectivity index (χ1v) is 17.8. The second kappa shape index (κ2) is 16.1. The van der Waals surface area contributed by atoms with Gasteiger partial charge in [0.25, 0.3) is 0 Å². The van der Waals surface area contributed by atoms with Crippen molar-refractivity contribution in [2.75, 3.05) is 17.1 Å². The van der Waals surface area contributed by atoms with E-state index in [4.69, 9.17) is 11.6 Å². The summed E-state index contributed by atoms with van der Waals surface area (Å²) in [6.07, 6.45) is 7.95. The molecule has 1 N–H and O–H groups in total. The van der Waals surface area contributed by atoms with Gasteiger partial charge in [0.1, 0.15) is 6.04 Å². The Bertz CT molecular complexity index is 1480. The van der Waals surface area contributed by atoms with Crippen molar-refractivity contribution in [3.8, 4) is 0 Å². The van der Waals surface area contributed by atoms with E-state index >= 15 is 0 Å². The summed E-state index contributed by atoms with van der Waals surface area (Å²) in [4.78, 5) is 29.7. The van der Waals surface area contributed by atoms with Crippen LogP contribution >= 0.6 is 11.6 Å². The van der Waals surface area contributed by atoms with Gasteiger partial charge in [-0.3, -0.25) is 13.9 Å². The zero-order chi connectivity index (χ0) is 31.5. The minimum atomic E-state index is -3.57. The van der Waals surface area contributed by atoms with Gasteiger partial charge in [-0.05, 0) is 60.6 Å². The SMILES string of the molecule is CCc1ccc(N(CCCC(=O)N(Cc2ccccc2Cl)[C@H](Cc2ccccc2)C(=O)NC2CCCCC2)S(C)(=O)=O)cc1. The average Bonchev–Trinajstić information content (AvgIpc) is 3.02. The van der Waals surface area contributed by atoms with Crippen LogP contribution in [0.15, 0.2) is 78.9 Å². The molecule has 0 heterocycles. The van der Waals surface area contributed by atoms with Crippen LogP contribution in [-0.4, -0.2) is 50.0 Å². The highest BCUT2D eigenvalue weighted by Crippen LogP contribution is 2.24. The van der Waals surface area contributed by atoms with Gasteiger partial charge in [-0.2, -0.15) is 0 Å². The van der Waals surface area contributed by atoms with Gasteiger partial charge in [0, 0.05) is 37.0 Å². The average molecular weight is 638 g/mol. The van der Waals surface area contributed by atoms with Crippen molar-refractivity contribution in [2.24, 2.45) is 0 Å². The maximum absolute atomic E-state index is 14.1. The van der Waals surface area contributed by atoms with Gasteiger partial charge in [-0.1, -0.05) is 98.5 Å². The smallest absolute Gasteiger partial charge is 0.243 e. The largest absolute Gasteiger partial charge is 0.352 e. The number of aryl methyl sites for hydroxylation is 1. The molecule has 0 saturated heterocycles. The van der Waals surface area contributed by atoms with E-state index in [2.05, 4.69) is 5.32 Å². The first-order chi connectivity index (χ1) is 21.2. The van der Waals surface area contributed by atoms with E-state index in [1.807, 2.05) is 67.6 Å². The normalized spacial score (nSPS) is 14.5. The number of carbonyl (C=O) groups is 2. The Kier molecular flexibility index (Phi) is 12.3. The third kappa shape index (κ3) is 9.57. The summed E-state index contributed by atoms with van der Waals surface area (Å²) in [5.41, 5.74) is 3.38. The fraction of sp³-hybridized carbons (Fsp3) is 0.429. The molecule has 7 nitrogen and oxygen atoms in total. The Morgan fingerprint density at radius 2 is 1.57 bits per heavy atom. The Morgan fingerprint density at radius 3 is 2.20 bits per heavy atom. The van der Waals surface area contributed by atoms with Crippen LogP contribution < -0.4 is 9.62 Å². The molecule has 0 radical (unpaired) electrons. The number of halogens is 1. The number of hydrogen-bond acceptors (Lipinski definition) is 4. The Morgan fingerprint density at radius 1 is 0.909 bits per heavy atom. The van der Waals surface area contributed by atoms with E-state index in [-0.39, 0.29) is 37.4 Å². The molecule has 44 heavy (non-hydrogen) atoms. The van der Waals surface area contributed by atoms with E-state index in [0.29, 0.717) is 23.6 Å². The predicted molar refractivity (Wildman–Crippen MR) is 178 cm³/mol. The molecule has 3 aromatic rings. The minimum Gasteiger partial charge on any atom is -0.352 e. The third-order valence-corrected chi connectivity index (χ3v) is 9.87. The molecule has 4 rings (SSSR count). The fourth-order valence-electron chi connectivity index (χ4n) is 5.81. The van der Waals surface area contributed by atoms with Crippen LogP contribution in [0.3, 0.4) is 0 Å². The molecule has 0 aliphatic heterocycles. The Labute approximate surface area is 267 Å². The number of amides is 2. The van der Waals surface area contributed by atoms with Gasteiger partial charge in [-0.15, -0.1) is 0 Å². The second-order valence-electron chi connectivity index (χ2n) is 11.6. The molecule has 1 aliphatic carbocycles. The number of hydrogen-bond donors (Lipinski definition) is 1. The number of rotatable bonds is 14. The first kappa shape index (κ1) is 33.5. The quantitative estimate of drug-likeness (QED) is 0.218. The van der Waals surface area contributed by atoms with E-state index in [1.165, 1.54) is 17.0 Å². The standard InChI is InChI=1S/C35H44ClN3O4S/c1-3-27-20-22-31(23-21-27)39(44(2,42)43)24-12-19-34(40)38(26-29-15-10-11-18-32(29)36)33(25-28-13-6-4-7-14-28)35(41)37-30-16-8-5-9-17-30/h4,6-7,10-11,13-15,18,20-23,30,33H,3,5,8-9,12,16-17,19,24-26H2,1-2H3,(H,37,41)/t33-/m1/s1. The lowest BCUT2D eigenvalue weighted by molar-refractivity contribution is -0.141. The first-order valence-electron chi connectivity index (χ1n) is 15.6. The molecule has 1 aliphatic rings. The van der Waals surface area contributed by atoms with Crippen LogP contribution in [0.4, 0.5) is 5.69 Å². The van der Waals surface area contributed by atoms with Gasteiger partial charge in [0.05, 0.1) is 11.9 Å². The minimum absolute atomic E-state index is 0.0749. The molecule has 0 aromatic heterocycles. The molecule has 0 bridgehead atoms. The molecule has 9 heteroatoms. The Hall–Kier alpha value is -3.36. The molecule has 0 unspecified atom stereocenters. The molecule has 1 saturated carbocycles. The molecule has 1 atom stereocenters. The van der Waals surface area contributed by atoms with Crippen molar-refractivity contribution >= 4 is 39.1 Å². The van der Waals surface area contributed by atoms with Crippen LogP contribution in [-0.2, 0) is 39.0 Å². The highest BCUT2D eigenvalue weighted by molar-refractivity contribution is 7.92. The molecule has 1 fully saturated rings. The highest BCUT2D eigenvalue weighted by Gasteiger charge is 2.32. The second-order valence-corrected chi connectivity index (χ2v) is 13.9. The molecule has 2 amide bonds. The Balaban J connectivity index is 1.58. The van der Waals surface area contributed by atoms with Crippen LogP contribution in [0.2, 0.25) is 5.02 Å². The predicted octanol–water partition coefficient (Wildman–Crippen LogP) is 6.54. The van der Waals surface area contributed by atoms with Gasteiger partial charge in [0.2, 0.25) is 21.8 Å². The lowest BCUT2D eigenvalue weighted by Gasteiger charge is -2.34. The van der Waals surface area contributed by atoms with E-state index in [1.54, 1.807) is 23.1 Å². The summed E-state index contributed by atoms with van der Waals surface area (Å²) >= 11 is 6.55. The monoisotopic (exact) mass is 637 g/mol. The van der Waals surface area contributed by atoms with Crippen molar-refractivity contribution in [3.05, 3.63) is 101 Å². The molecular weight excluding hydrogens is 594 g/mol. The zero-order valence-corrected chi connectivity index (χ0v) is 27.3. The number of nitrogens with zero attached hydrogens (tertiary/aromatic N) is 2. The molecule has 236 valence electrons. The van der Waals surface area contributed by atoms with E-state index in [0.717, 1.165) is 48.8 Å². The van der Waals surface area contributed by atoms with Crippen molar-refractivity contribution < 1.29 is 18.0 Å². The van der Waals surface area contributed by atoms with Crippen molar-refractivity contribution in [2.45, 2.75) is 83.3 Å². The summed E-state index contributed by atoms with van der Waals surface area (Å²) in [7, 11) is -3.57. The topological polar surface area (TPSA) is 86.8 Å². The van der Waals surface area contributed by atoms with Crippen molar-refractivity contribution in [1.29, 1.82) is 0 Å². The van der Waals surface area contributed by atoms with Gasteiger partial charge in [0.15, 0.2) is 0 Å². The molecular formula is C35H44ClN3O4S. The van der Waals surface area contributed by atoms with Gasteiger partial charge in [-0.25, -0.2) is 8.42 Å². The maximum Gasteiger partial charge on any atom is 0.243 e. The van der Waals surface area contributed by atoms with E-state index in [9.17, 15) is 18.0 Å². The van der Waals surface area contributed by atoms with Crippen LogP contribution in [0.1, 0.15) is 68.6 Å². The summed E-state index contributed by atoms with van der Waals surface area (Å²) in [6.45, 7) is 2.36. The van der Waals surface area contributed by atoms with Gasteiger partial charge < -0.3 is 10.2 Å². The lowest BCUT2D eigenvalue weighted by atomic mass is 9.94. The summed E-state index contributed by atoms with van der Waals surface area (Å²) < 4.78 is 26.8. The number of sulfonamides is 1. The lowest BCUT2D eigenvalue weighted by Crippen LogP contribution is -2.53. The van der Waals surface area contributed by atoms with Crippen molar-refractivity contribution in [3.63, 3.8) is 0 Å². The third-order valence-electron chi connectivity index (χ3n) is 8.31. The number of nitrogens with one attached hydrogen (secondary N) is 1. The maximum atomic E-state index is 14.1. The summed E-state index contributed by atoms with van der Waals surface area (Å²) in [5.74, 6) is -0.394. The number of benzene rings is 3. The van der Waals surface area contributed by atoms with E-state index < -0.39 is 16.1 Å².